The van der Waals surface area contributed by atoms with E-state index in [1.54, 1.807) is 0 Å². The van der Waals surface area contributed by atoms with Gasteiger partial charge in [0, 0.05) is 18.6 Å². The highest BCUT2D eigenvalue weighted by atomic mass is 19.1. The number of hydrogen-bond donors (Lipinski definition) is 0. The van der Waals surface area contributed by atoms with E-state index < -0.39 is 6.17 Å². The number of nitrogens with zero attached hydrogens (tertiary/aromatic N) is 1. The maximum absolute atomic E-state index is 12.9. The monoisotopic (exact) mass is 155 g/mol. The van der Waals surface area contributed by atoms with Crippen LogP contribution in [0.4, 0.5) is 4.39 Å². The van der Waals surface area contributed by atoms with Gasteiger partial charge in [-0.25, -0.2) is 4.39 Å². The van der Waals surface area contributed by atoms with Crippen LogP contribution in [0.3, 0.4) is 0 Å². The summed E-state index contributed by atoms with van der Waals surface area (Å²) < 4.78 is 12.9. The van der Waals surface area contributed by atoms with E-state index in [4.69, 9.17) is 0 Å². The van der Waals surface area contributed by atoms with E-state index in [-0.39, 0.29) is 5.54 Å². The van der Waals surface area contributed by atoms with E-state index in [0.717, 1.165) is 13.0 Å². The minimum absolute atomic E-state index is 0.108. The maximum Gasteiger partial charge on any atom is 0.115 e. The lowest BCUT2D eigenvalue weighted by molar-refractivity contribution is 0.217. The van der Waals surface area contributed by atoms with Gasteiger partial charge < -0.3 is 0 Å². The van der Waals surface area contributed by atoms with Crippen LogP contribution in [0.15, 0.2) is 12.2 Å². The third-order valence-corrected chi connectivity index (χ3v) is 2.89. The Kier molecular flexibility index (Phi) is 1.37. The van der Waals surface area contributed by atoms with Crippen molar-refractivity contribution in [3.8, 4) is 0 Å². The Bertz CT molecular complexity index is 202. The maximum atomic E-state index is 12.9. The molecule has 2 atom stereocenters. The molecule has 0 aromatic rings. The summed E-state index contributed by atoms with van der Waals surface area (Å²) in [5, 5.41) is 0. The molecule has 0 aromatic heterocycles. The summed E-state index contributed by atoms with van der Waals surface area (Å²) in [7, 11) is 0. The Morgan fingerprint density at radius 3 is 3.09 bits per heavy atom. The first-order chi connectivity index (χ1) is 5.10. The molecule has 2 unspecified atom stereocenters. The van der Waals surface area contributed by atoms with Crippen molar-refractivity contribution in [2.75, 3.05) is 13.1 Å². The molecule has 2 aliphatic heterocycles. The second kappa shape index (κ2) is 2.07. The van der Waals surface area contributed by atoms with Gasteiger partial charge in [-0.15, -0.1) is 0 Å². The summed E-state index contributed by atoms with van der Waals surface area (Å²) in [6.45, 7) is 7.62. The largest absolute Gasteiger partial charge is 0.291 e. The van der Waals surface area contributed by atoms with Crippen molar-refractivity contribution in [2.24, 2.45) is 0 Å². The number of hydrogen-bond acceptors (Lipinski definition) is 1. The predicted molar refractivity (Wildman–Crippen MR) is 43.2 cm³/mol. The first-order valence-electron chi connectivity index (χ1n) is 4.16. The van der Waals surface area contributed by atoms with E-state index in [1.165, 1.54) is 5.57 Å². The molecule has 2 saturated heterocycles. The fourth-order valence-electron chi connectivity index (χ4n) is 2.43. The van der Waals surface area contributed by atoms with Crippen LogP contribution in [-0.2, 0) is 0 Å². The second-order valence-electron chi connectivity index (χ2n) is 4.11. The highest BCUT2D eigenvalue weighted by Gasteiger charge is 2.46. The zero-order valence-electron chi connectivity index (χ0n) is 6.94. The molecule has 2 rings (SSSR count). The molecule has 0 amide bonds. The van der Waals surface area contributed by atoms with Gasteiger partial charge >= 0.3 is 0 Å². The Labute approximate surface area is 66.9 Å². The topological polar surface area (TPSA) is 3.24 Å². The molecular weight excluding hydrogens is 141 g/mol. The number of alkyl halides is 1. The van der Waals surface area contributed by atoms with E-state index in [0.29, 0.717) is 13.0 Å². The SMILES string of the molecule is C=C1CN2CC(F)CC2(C)C1. The van der Waals surface area contributed by atoms with Crippen LogP contribution < -0.4 is 0 Å². The third kappa shape index (κ3) is 1.00. The molecule has 2 heterocycles. The minimum atomic E-state index is -0.604. The lowest BCUT2D eigenvalue weighted by Gasteiger charge is -2.25. The molecule has 0 spiro atoms. The summed E-state index contributed by atoms with van der Waals surface area (Å²) >= 11 is 0. The van der Waals surface area contributed by atoms with Crippen molar-refractivity contribution >= 4 is 0 Å². The van der Waals surface area contributed by atoms with Crippen molar-refractivity contribution in [2.45, 2.75) is 31.5 Å². The van der Waals surface area contributed by atoms with Gasteiger partial charge in [0.25, 0.3) is 0 Å². The first-order valence-corrected chi connectivity index (χ1v) is 4.16. The van der Waals surface area contributed by atoms with Gasteiger partial charge in [0.2, 0.25) is 0 Å². The zero-order valence-corrected chi connectivity index (χ0v) is 6.94. The number of halogens is 1. The molecule has 0 aliphatic carbocycles. The summed E-state index contributed by atoms with van der Waals surface area (Å²) in [5.41, 5.74) is 1.37. The minimum Gasteiger partial charge on any atom is -0.291 e. The molecule has 62 valence electrons. The molecule has 0 N–H and O–H groups in total. The van der Waals surface area contributed by atoms with E-state index in [2.05, 4.69) is 18.4 Å². The summed E-state index contributed by atoms with van der Waals surface area (Å²) in [6, 6.07) is 0. The molecule has 0 saturated carbocycles. The summed E-state index contributed by atoms with van der Waals surface area (Å²) in [5.74, 6) is 0. The molecule has 0 aromatic carbocycles. The number of rotatable bonds is 0. The summed E-state index contributed by atoms with van der Waals surface area (Å²) in [4.78, 5) is 2.22. The molecule has 2 aliphatic rings. The van der Waals surface area contributed by atoms with Crippen molar-refractivity contribution in [3.05, 3.63) is 12.2 Å². The predicted octanol–water partition coefficient (Wildman–Crippen LogP) is 1.75. The van der Waals surface area contributed by atoms with Crippen molar-refractivity contribution < 1.29 is 4.39 Å². The van der Waals surface area contributed by atoms with Gasteiger partial charge in [0.1, 0.15) is 6.17 Å². The Morgan fingerprint density at radius 1 is 1.73 bits per heavy atom. The number of fused-ring (bicyclic) bond motifs is 1. The Hall–Kier alpha value is -0.370. The van der Waals surface area contributed by atoms with E-state index >= 15 is 0 Å². The molecule has 1 nitrogen and oxygen atoms in total. The van der Waals surface area contributed by atoms with Crippen molar-refractivity contribution in [1.29, 1.82) is 0 Å². The van der Waals surface area contributed by atoms with Crippen LogP contribution in [0, 0.1) is 0 Å². The lowest BCUT2D eigenvalue weighted by atomic mass is 9.95. The lowest BCUT2D eigenvalue weighted by Crippen LogP contribution is -2.34. The highest BCUT2D eigenvalue weighted by molar-refractivity contribution is 5.17. The fourth-order valence-corrected chi connectivity index (χ4v) is 2.43. The van der Waals surface area contributed by atoms with Gasteiger partial charge in [-0.2, -0.15) is 0 Å². The smallest absolute Gasteiger partial charge is 0.115 e. The van der Waals surface area contributed by atoms with Crippen LogP contribution in [0.25, 0.3) is 0 Å². The van der Waals surface area contributed by atoms with Gasteiger partial charge in [0.05, 0.1) is 0 Å². The van der Waals surface area contributed by atoms with Gasteiger partial charge in [0.15, 0.2) is 0 Å². The van der Waals surface area contributed by atoms with E-state index in [9.17, 15) is 4.39 Å². The Balaban J connectivity index is 2.19. The molecule has 11 heavy (non-hydrogen) atoms. The van der Waals surface area contributed by atoms with Crippen molar-refractivity contribution in [3.63, 3.8) is 0 Å². The standard InChI is InChI=1S/C9H14FN/c1-7-3-9(2)4-8(10)6-11(9)5-7/h8H,1,3-6H2,2H3. The highest BCUT2D eigenvalue weighted by Crippen LogP contribution is 2.41. The molecule has 2 heteroatoms. The van der Waals surface area contributed by atoms with Gasteiger partial charge in [-0.1, -0.05) is 12.2 Å². The Morgan fingerprint density at radius 2 is 2.45 bits per heavy atom. The molecule has 0 radical (unpaired) electrons. The average Bonchev–Trinajstić information content (AvgIpc) is 2.16. The van der Waals surface area contributed by atoms with Gasteiger partial charge in [-0.3, -0.25) is 4.90 Å². The molecule has 2 fully saturated rings. The van der Waals surface area contributed by atoms with E-state index in [1.807, 2.05) is 0 Å². The van der Waals surface area contributed by atoms with Crippen LogP contribution in [0.1, 0.15) is 19.8 Å². The second-order valence-corrected chi connectivity index (χ2v) is 4.11. The molecule has 0 bridgehead atoms. The van der Waals surface area contributed by atoms with Crippen LogP contribution >= 0.6 is 0 Å². The third-order valence-electron chi connectivity index (χ3n) is 2.89. The van der Waals surface area contributed by atoms with Crippen LogP contribution in [0.2, 0.25) is 0 Å². The van der Waals surface area contributed by atoms with Crippen LogP contribution in [0.5, 0.6) is 0 Å². The summed E-state index contributed by atoms with van der Waals surface area (Å²) in [6.07, 6.45) is 1.09. The van der Waals surface area contributed by atoms with Crippen LogP contribution in [-0.4, -0.2) is 29.7 Å². The zero-order chi connectivity index (χ0) is 8.06. The first kappa shape index (κ1) is 7.29. The van der Waals surface area contributed by atoms with Gasteiger partial charge in [-0.05, 0) is 19.8 Å². The molecular formula is C9H14FN. The average molecular weight is 155 g/mol. The normalized spacial score (nSPS) is 44.9. The van der Waals surface area contributed by atoms with Crippen molar-refractivity contribution in [1.82, 2.24) is 4.90 Å². The fraction of sp³-hybridized carbons (Fsp3) is 0.778. The quantitative estimate of drug-likeness (QED) is 0.482.